The zero-order valence-corrected chi connectivity index (χ0v) is 13.6. The second-order valence-electron chi connectivity index (χ2n) is 4.31. The summed E-state index contributed by atoms with van der Waals surface area (Å²) in [6.45, 7) is 0.593. The standard InChI is InChI=1S/C13H12BrCl2N3/c1-19(2)7-10-17-12(15)11(13(16)18-10)8-5-3-4-6-9(8)14/h3-6H,7H2,1-2H3. The normalized spacial score (nSPS) is 11.1. The molecule has 1 heterocycles. The summed E-state index contributed by atoms with van der Waals surface area (Å²) in [6, 6.07) is 7.69. The number of hydrogen-bond donors (Lipinski definition) is 0. The van der Waals surface area contributed by atoms with E-state index in [1.165, 1.54) is 0 Å². The van der Waals surface area contributed by atoms with Gasteiger partial charge in [0.15, 0.2) is 0 Å². The Morgan fingerprint density at radius 3 is 2.21 bits per heavy atom. The van der Waals surface area contributed by atoms with Crippen LogP contribution < -0.4 is 0 Å². The van der Waals surface area contributed by atoms with Crippen LogP contribution >= 0.6 is 39.1 Å². The zero-order valence-electron chi connectivity index (χ0n) is 10.5. The second kappa shape index (κ2) is 6.18. The molecule has 6 heteroatoms. The Morgan fingerprint density at radius 1 is 1.11 bits per heavy atom. The molecule has 1 aromatic heterocycles. The molecule has 0 saturated heterocycles. The van der Waals surface area contributed by atoms with Crippen LogP contribution in [0.5, 0.6) is 0 Å². The average molecular weight is 361 g/mol. The quantitative estimate of drug-likeness (QED) is 0.765. The molecule has 0 atom stereocenters. The Morgan fingerprint density at radius 2 is 1.68 bits per heavy atom. The summed E-state index contributed by atoms with van der Waals surface area (Å²) < 4.78 is 0.905. The summed E-state index contributed by atoms with van der Waals surface area (Å²) in [7, 11) is 3.87. The lowest BCUT2D eigenvalue weighted by atomic mass is 10.1. The monoisotopic (exact) mass is 359 g/mol. The first-order chi connectivity index (χ1) is 8.99. The lowest BCUT2D eigenvalue weighted by Gasteiger charge is -2.12. The maximum absolute atomic E-state index is 6.25. The molecule has 3 nitrogen and oxygen atoms in total. The van der Waals surface area contributed by atoms with Crippen molar-refractivity contribution in [3.05, 3.63) is 44.9 Å². The highest BCUT2D eigenvalue weighted by atomic mass is 79.9. The van der Waals surface area contributed by atoms with Gasteiger partial charge in [0.1, 0.15) is 16.1 Å². The summed E-state index contributed by atoms with van der Waals surface area (Å²) >= 11 is 16.0. The first kappa shape index (κ1) is 14.7. The molecule has 19 heavy (non-hydrogen) atoms. The molecule has 0 amide bonds. The van der Waals surface area contributed by atoms with Gasteiger partial charge in [0.2, 0.25) is 0 Å². The molecular formula is C13H12BrCl2N3. The molecule has 0 aliphatic heterocycles. The highest BCUT2D eigenvalue weighted by Gasteiger charge is 2.15. The van der Waals surface area contributed by atoms with Crippen LogP contribution in [-0.2, 0) is 6.54 Å². The first-order valence-corrected chi connectivity index (χ1v) is 7.15. The van der Waals surface area contributed by atoms with Gasteiger partial charge in [-0.2, -0.15) is 0 Å². The Balaban J connectivity index is 2.51. The third-order valence-electron chi connectivity index (χ3n) is 2.47. The van der Waals surface area contributed by atoms with E-state index in [1.54, 1.807) is 0 Å². The topological polar surface area (TPSA) is 29.0 Å². The number of halogens is 3. The molecule has 0 saturated carbocycles. The first-order valence-electron chi connectivity index (χ1n) is 5.60. The van der Waals surface area contributed by atoms with Crippen LogP contribution in [0.4, 0.5) is 0 Å². The molecule has 1 aromatic carbocycles. The molecule has 2 rings (SSSR count). The van der Waals surface area contributed by atoms with Gasteiger partial charge in [-0.15, -0.1) is 0 Å². The van der Waals surface area contributed by atoms with E-state index in [1.807, 2.05) is 43.3 Å². The molecule has 0 radical (unpaired) electrons. The number of rotatable bonds is 3. The summed E-state index contributed by atoms with van der Waals surface area (Å²) in [4.78, 5) is 10.6. The summed E-state index contributed by atoms with van der Waals surface area (Å²) in [5.41, 5.74) is 1.53. The van der Waals surface area contributed by atoms with Crippen LogP contribution in [0.1, 0.15) is 5.82 Å². The van der Waals surface area contributed by atoms with Gasteiger partial charge in [0.25, 0.3) is 0 Å². The molecule has 0 N–H and O–H groups in total. The zero-order chi connectivity index (χ0) is 14.0. The Labute approximate surface area is 130 Å². The van der Waals surface area contributed by atoms with Gasteiger partial charge < -0.3 is 4.90 Å². The van der Waals surface area contributed by atoms with E-state index < -0.39 is 0 Å². The molecule has 100 valence electrons. The van der Waals surface area contributed by atoms with Crippen molar-refractivity contribution in [3.63, 3.8) is 0 Å². The van der Waals surface area contributed by atoms with Crippen molar-refractivity contribution in [2.45, 2.75) is 6.54 Å². The third-order valence-corrected chi connectivity index (χ3v) is 3.71. The number of benzene rings is 1. The minimum Gasteiger partial charge on any atom is -0.302 e. The highest BCUT2D eigenvalue weighted by Crippen LogP contribution is 2.36. The van der Waals surface area contributed by atoms with Gasteiger partial charge in [0, 0.05) is 10.0 Å². The van der Waals surface area contributed by atoms with Gasteiger partial charge in [0.05, 0.1) is 12.1 Å². The minimum absolute atomic E-state index is 0.365. The van der Waals surface area contributed by atoms with Crippen LogP contribution in [0.25, 0.3) is 11.1 Å². The fraction of sp³-hybridized carbons (Fsp3) is 0.231. The SMILES string of the molecule is CN(C)Cc1nc(Cl)c(-c2ccccc2Br)c(Cl)n1. The Bertz CT molecular complexity index is 579. The van der Waals surface area contributed by atoms with E-state index >= 15 is 0 Å². The van der Waals surface area contributed by atoms with E-state index in [0.29, 0.717) is 28.2 Å². The molecule has 0 aliphatic carbocycles. The smallest absolute Gasteiger partial charge is 0.145 e. The van der Waals surface area contributed by atoms with Gasteiger partial charge in [-0.3, -0.25) is 0 Å². The van der Waals surface area contributed by atoms with Crippen molar-refractivity contribution in [1.29, 1.82) is 0 Å². The van der Waals surface area contributed by atoms with Crippen molar-refractivity contribution >= 4 is 39.1 Å². The van der Waals surface area contributed by atoms with E-state index in [9.17, 15) is 0 Å². The van der Waals surface area contributed by atoms with E-state index in [0.717, 1.165) is 10.0 Å². The summed E-state index contributed by atoms with van der Waals surface area (Å²) in [6.07, 6.45) is 0. The van der Waals surface area contributed by atoms with Crippen molar-refractivity contribution in [1.82, 2.24) is 14.9 Å². The lowest BCUT2D eigenvalue weighted by molar-refractivity contribution is 0.390. The van der Waals surface area contributed by atoms with Gasteiger partial charge in [-0.1, -0.05) is 57.3 Å². The molecular weight excluding hydrogens is 349 g/mol. The van der Waals surface area contributed by atoms with Gasteiger partial charge in [-0.05, 0) is 20.2 Å². The predicted octanol–water partition coefficient (Wildman–Crippen LogP) is 4.27. The average Bonchev–Trinajstić information content (AvgIpc) is 2.29. The Hall–Kier alpha value is -0.680. The summed E-state index contributed by atoms with van der Waals surface area (Å²) in [5, 5.41) is 0.729. The Kier molecular flexibility index (Phi) is 4.79. The van der Waals surface area contributed by atoms with Crippen LogP contribution in [0.15, 0.2) is 28.7 Å². The number of aromatic nitrogens is 2. The number of hydrogen-bond acceptors (Lipinski definition) is 3. The van der Waals surface area contributed by atoms with Crippen molar-refractivity contribution in [2.24, 2.45) is 0 Å². The van der Waals surface area contributed by atoms with E-state index in [2.05, 4.69) is 25.9 Å². The second-order valence-corrected chi connectivity index (χ2v) is 5.88. The molecule has 0 unspecified atom stereocenters. The maximum atomic E-state index is 6.25. The van der Waals surface area contributed by atoms with E-state index in [4.69, 9.17) is 23.2 Å². The van der Waals surface area contributed by atoms with Crippen LogP contribution in [0.3, 0.4) is 0 Å². The van der Waals surface area contributed by atoms with Crippen molar-refractivity contribution in [3.8, 4) is 11.1 Å². The highest BCUT2D eigenvalue weighted by molar-refractivity contribution is 9.10. The minimum atomic E-state index is 0.365. The van der Waals surface area contributed by atoms with Crippen LogP contribution in [0, 0.1) is 0 Å². The van der Waals surface area contributed by atoms with Gasteiger partial charge in [-0.25, -0.2) is 9.97 Å². The molecule has 0 aliphatic rings. The maximum Gasteiger partial charge on any atom is 0.145 e. The lowest BCUT2D eigenvalue weighted by Crippen LogP contribution is -2.13. The van der Waals surface area contributed by atoms with Gasteiger partial charge >= 0.3 is 0 Å². The van der Waals surface area contributed by atoms with Crippen molar-refractivity contribution < 1.29 is 0 Å². The molecule has 0 spiro atoms. The molecule has 0 fully saturated rings. The third kappa shape index (κ3) is 3.45. The molecule has 0 bridgehead atoms. The predicted molar refractivity (Wildman–Crippen MR) is 82.6 cm³/mol. The fourth-order valence-corrected chi connectivity index (χ4v) is 2.80. The van der Waals surface area contributed by atoms with E-state index in [-0.39, 0.29) is 0 Å². The van der Waals surface area contributed by atoms with Crippen LogP contribution in [0.2, 0.25) is 10.3 Å². The summed E-state index contributed by atoms with van der Waals surface area (Å²) in [5.74, 6) is 0.607. The number of nitrogens with zero attached hydrogens (tertiary/aromatic N) is 3. The fourth-order valence-electron chi connectivity index (χ4n) is 1.69. The van der Waals surface area contributed by atoms with Crippen LogP contribution in [-0.4, -0.2) is 29.0 Å². The molecule has 2 aromatic rings. The largest absolute Gasteiger partial charge is 0.302 e. The van der Waals surface area contributed by atoms with Crippen molar-refractivity contribution in [2.75, 3.05) is 14.1 Å².